The second-order valence-electron chi connectivity index (χ2n) is 3.14. The summed E-state index contributed by atoms with van der Waals surface area (Å²) in [7, 11) is 0. The predicted molar refractivity (Wildman–Crippen MR) is 44.8 cm³/mol. The summed E-state index contributed by atoms with van der Waals surface area (Å²) >= 11 is 0. The molecule has 0 saturated carbocycles. The van der Waals surface area contributed by atoms with Crippen LogP contribution < -0.4 is 5.84 Å². The second-order valence-corrected chi connectivity index (χ2v) is 3.14. The smallest absolute Gasteiger partial charge is 0.121 e. The molecule has 0 radical (unpaired) electrons. The van der Waals surface area contributed by atoms with E-state index < -0.39 is 6.23 Å². The number of aliphatic hydroxyl groups excluding tert-OH is 2. The Bertz CT molecular complexity index is 128. The fourth-order valence-corrected chi connectivity index (χ4v) is 1.42. The van der Waals surface area contributed by atoms with Crippen LogP contribution in [0.2, 0.25) is 0 Å². The molecule has 1 heterocycles. The molecule has 0 unspecified atom stereocenters. The van der Waals surface area contributed by atoms with Crippen molar-refractivity contribution < 1.29 is 10.2 Å². The molecule has 5 nitrogen and oxygen atoms in total. The van der Waals surface area contributed by atoms with Gasteiger partial charge >= 0.3 is 0 Å². The highest BCUT2D eigenvalue weighted by Crippen LogP contribution is 2.10. The molecule has 1 aliphatic rings. The van der Waals surface area contributed by atoms with Crippen LogP contribution in [0.25, 0.3) is 0 Å². The van der Waals surface area contributed by atoms with Gasteiger partial charge in [-0.2, -0.15) is 0 Å². The van der Waals surface area contributed by atoms with E-state index in [4.69, 9.17) is 10.9 Å². The topological polar surface area (TPSA) is 73.0 Å². The molecule has 72 valence electrons. The van der Waals surface area contributed by atoms with E-state index in [1.54, 1.807) is 0 Å². The molecule has 1 aliphatic heterocycles. The Morgan fingerprint density at radius 1 is 1.42 bits per heavy atom. The number of hydrazine groups is 1. The Labute approximate surface area is 72.3 Å². The first-order valence-electron chi connectivity index (χ1n) is 4.26. The van der Waals surface area contributed by atoms with Gasteiger partial charge in [0, 0.05) is 13.1 Å². The van der Waals surface area contributed by atoms with Crippen LogP contribution in [0.3, 0.4) is 0 Å². The van der Waals surface area contributed by atoms with Crippen molar-refractivity contribution >= 4 is 0 Å². The summed E-state index contributed by atoms with van der Waals surface area (Å²) in [5.74, 6) is 5.34. The number of hydrogen-bond donors (Lipinski definition) is 3. The van der Waals surface area contributed by atoms with Crippen LogP contribution in [0.1, 0.15) is 12.8 Å². The van der Waals surface area contributed by atoms with E-state index >= 15 is 0 Å². The van der Waals surface area contributed by atoms with Gasteiger partial charge in [-0.25, -0.2) is 5.01 Å². The van der Waals surface area contributed by atoms with Crippen molar-refractivity contribution in [1.29, 1.82) is 0 Å². The monoisotopic (exact) mass is 175 g/mol. The lowest BCUT2D eigenvalue weighted by Gasteiger charge is -2.25. The zero-order valence-electron chi connectivity index (χ0n) is 7.19. The molecule has 0 amide bonds. The largest absolute Gasteiger partial charge is 0.380 e. The molecule has 0 bridgehead atoms. The van der Waals surface area contributed by atoms with Crippen LogP contribution in [0.4, 0.5) is 0 Å². The Balaban J connectivity index is 2.21. The third-order valence-corrected chi connectivity index (χ3v) is 2.14. The van der Waals surface area contributed by atoms with Crippen LogP contribution in [0.5, 0.6) is 0 Å². The molecule has 1 rings (SSSR count). The van der Waals surface area contributed by atoms with E-state index in [0.29, 0.717) is 6.54 Å². The summed E-state index contributed by atoms with van der Waals surface area (Å²) in [6.45, 7) is 1.95. The SMILES string of the molecule is NN(CO)C[C@@H](O)N1CCCC1. The number of likely N-dealkylation sites (tertiary alicyclic amines) is 1. The van der Waals surface area contributed by atoms with Gasteiger partial charge in [-0.15, -0.1) is 0 Å². The van der Waals surface area contributed by atoms with Crippen LogP contribution in [-0.4, -0.2) is 52.7 Å². The van der Waals surface area contributed by atoms with Gasteiger partial charge in [-0.05, 0) is 12.8 Å². The van der Waals surface area contributed by atoms with Crippen molar-refractivity contribution in [2.24, 2.45) is 5.84 Å². The Morgan fingerprint density at radius 2 is 2.00 bits per heavy atom. The maximum atomic E-state index is 9.54. The number of nitrogens with two attached hydrogens (primary N) is 1. The maximum Gasteiger partial charge on any atom is 0.121 e. The van der Waals surface area contributed by atoms with Crippen LogP contribution in [0, 0.1) is 0 Å². The molecule has 5 heteroatoms. The van der Waals surface area contributed by atoms with E-state index in [9.17, 15) is 5.11 Å². The van der Waals surface area contributed by atoms with Gasteiger partial charge in [-0.3, -0.25) is 10.7 Å². The van der Waals surface area contributed by atoms with Crippen molar-refractivity contribution in [3.63, 3.8) is 0 Å². The van der Waals surface area contributed by atoms with Crippen molar-refractivity contribution in [2.75, 3.05) is 26.4 Å². The van der Waals surface area contributed by atoms with Gasteiger partial charge in [0.15, 0.2) is 0 Å². The average Bonchev–Trinajstić information content (AvgIpc) is 2.56. The van der Waals surface area contributed by atoms with Gasteiger partial charge in [0.1, 0.15) is 13.0 Å². The number of hydrogen-bond acceptors (Lipinski definition) is 5. The molecule has 4 N–H and O–H groups in total. The second kappa shape index (κ2) is 4.74. The van der Waals surface area contributed by atoms with E-state index in [2.05, 4.69) is 0 Å². The summed E-state index contributed by atoms with van der Waals surface area (Å²) in [5, 5.41) is 19.3. The quantitative estimate of drug-likeness (QED) is 0.276. The molecule has 1 saturated heterocycles. The first kappa shape index (κ1) is 9.88. The Morgan fingerprint density at radius 3 is 2.50 bits per heavy atom. The maximum absolute atomic E-state index is 9.54. The zero-order chi connectivity index (χ0) is 8.97. The minimum atomic E-state index is -0.537. The summed E-state index contributed by atoms with van der Waals surface area (Å²) in [6, 6.07) is 0. The van der Waals surface area contributed by atoms with Crippen molar-refractivity contribution in [3.8, 4) is 0 Å². The summed E-state index contributed by atoms with van der Waals surface area (Å²) < 4.78 is 0. The normalized spacial score (nSPS) is 22.0. The van der Waals surface area contributed by atoms with Crippen LogP contribution >= 0.6 is 0 Å². The summed E-state index contributed by atoms with van der Waals surface area (Å²) in [6.07, 6.45) is 1.74. The minimum Gasteiger partial charge on any atom is -0.380 e. The zero-order valence-corrected chi connectivity index (χ0v) is 7.19. The van der Waals surface area contributed by atoms with E-state index in [-0.39, 0.29) is 6.73 Å². The van der Waals surface area contributed by atoms with Crippen molar-refractivity contribution in [3.05, 3.63) is 0 Å². The van der Waals surface area contributed by atoms with Gasteiger partial charge in [0.2, 0.25) is 0 Å². The van der Waals surface area contributed by atoms with E-state index in [1.165, 1.54) is 5.01 Å². The van der Waals surface area contributed by atoms with Crippen molar-refractivity contribution in [2.45, 2.75) is 19.1 Å². The highest BCUT2D eigenvalue weighted by molar-refractivity contribution is 4.69. The molecule has 1 fully saturated rings. The van der Waals surface area contributed by atoms with Gasteiger partial charge < -0.3 is 10.2 Å². The molecular weight excluding hydrogens is 158 g/mol. The first-order chi connectivity index (χ1) is 5.74. The lowest BCUT2D eigenvalue weighted by Crippen LogP contribution is -2.45. The number of aliphatic hydroxyl groups is 2. The van der Waals surface area contributed by atoms with Crippen molar-refractivity contribution in [1.82, 2.24) is 9.91 Å². The number of nitrogens with zero attached hydrogens (tertiary/aromatic N) is 2. The van der Waals surface area contributed by atoms with E-state index in [1.807, 2.05) is 4.90 Å². The molecule has 0 aromatic rings. The average molecular weight is 175 g/mol. The van der Waals surface area contributed by atoms with E-state index in [0.717, 1.165) is 25.9 Å². The summed E-state index contributed by atoms with van der Waals surface area (Å²) in [5.41, 5.74) is 0. The number of rotatable bonds is 4. The standard InChI is InChI=1S/C7H17N3O2/c8-10(6-11)5-7(12)9-3-1-2-4-9/h7,11-12H,1-6,8H2/t7-/m1/s1. The third kappa shape index (κ3) is 2.69. The predicted octanol–water partition coefficient (Wildman–Crippen LogP) is -1.47. The first-order valence-corrected chi connectivity index (χ1v) is 4.26. The lowest BCUT2D eigenvalue weighted by atomic mass is 10.4. The lowest BCUT2D eigenvalue weighted by molar-refractivity contribution is -0.0272. The van der Waals surface area contributed by atoms with Gasteiger partial charge in [0.05, 0.1) is 6.54 Å². The fourth-order valence-electron chi connectivity index (χ4n) is 1.42. The molecule has 1 atom stereocenters. The van der Waals surface area contributed by atoms with Gasteiger partial charge in [0.25, 0.3) is 0 Å². The molecular formula is C7H17N3O2. The molecule has 0 aromatic carbocycles. The minimum absolute atomic E-state index is 0.217. The molecule has 0 aliphatic carbocycles. The van der Waals surface area contributed by atoms with Crippen LogP contribution in [0.15, 0.2) is 0 Å². The van der Waals surface area contributed by atoms with Gasteiger partial charge in [-0.1, -0.05) is 0 Å². The molecule has 12 heavy (non-hydrogen) atoms. The summed E-state index contributed by atoms with van der Waals surface area (Å²) in [4.78, 5) is 1.97. The molecule has 0 spiro atoms. The van der Waals surface area contributed by atoms with Crippen LogP contribution in [-0.2, 0) is 0 Å². The Kier molecular flexibility index (Phi) is 3.90. The fraction of sp³-hybridized carbons (Fsp3) is 1.00. The Hall–Kier alpha value is -0.200. The third-order valence-electron chi connectivity index (χ3n) is 2.14. The highest BCUT2D eigenvalue weighted by atomic mass is 16.3. The highest BCUT2D eigenvalue weighted by Gasteiger charge is 2.20. The molecule has 0 aromatic heterocycles.